The van der Waals surface area contributed by atoms with E-state index in [0.29, 0.717) is 27.7 Å². The van der Waals surface area contributed by atoms with Gasteiger partial charge in [-0.1, -0.05) is 28.1 Å². The molecule has 24 heavy (non-hydrogen) atoms. The lowest BCUT2D eigenvalue weighted by Crippen LogP contribution is -2.29. The molecular weight excluding hydrogens is 374 g/mol. The van der Waals surface area contributed by atoms with Gasteiger partial charge < -0.3 is 4.42 Å². The number of amides is 2. The van der Waals surface area contributed by atoms with Crippen LogP contribution >= 0.6 is 15.9 Å². The summed E-state index contributed by atoms with van der Waals surface area (Å²) >= 11 is 3.33. The van der Waals surface area contributed by atoms with Gasteiger partial charge in [-0.3, -0.25) is 14.5 Å². The first-order valence-corrected chi connectivity index (χ1v) is 8.01. The van der Waals surface area contributed by atoms with E-state index in [9.17, 15) is 14.4 Å². The molecule has 118 valence electrons. The molecule has 6 heteroatoms. The molecule has 0 saturated carbocycles. The number of halogens is 1. The number of hydrogen-bond acceptors (Lipinski definition) is 4. The van der Waals surface area contributed by atoms with Crippen LogP contribution in [0.2, 0.25) is 0 Å². The number of imide groups is 1. The number of carbonyl (C=O) groups excluding carboxylic acids is 2. The van der Waals surface area contributed by atoms with Crippen molar-refractivity contribution >= 4 is 38.7 Å². The van der Waals surface area contributed by atoms with Gasteiger partial charge in [0.2, 0.25) is 0 Å². The summed E-state index contributed by atoms with van der Waals surface area (Å²) < 4.78 is 5.96. The van der Waals surface area contributed by atoms with Gasteiger partial charge in [-0.25, -0.2) is 4.79 Å². The Morgan fingerprint density at radius 2 is 1.58 bits per heavy atom. The van der Waals surface area contributed by atoms with Crippen LogP contribution in [0.3, 0.4) is 0 Å². The summed E-state index contributed by atoms with van der Waals surface area (Å²) in [5.41, 5.74) is 1.23. The molecule has 2 aromatic carbocycles. The molecule has 2 heterocycles. The predicted molar refractivity (Wildman–Crippen MR) is 90.8 cm³/mol. The summed E-state index contributed by atoms with van der Waals surface area (Å²) in [6.45, 7) is 0.0239. The molecule has 0 aliphatic carbocycles. The summed E-state index contributed by atoms with van der Waals surface area (Å²) in [5, 5.41) is 0.689. The maximum Gasteiger partial charge on any atom is 0.336 e. The molecular formula is C18H10BrNO4. The molecule has 3 aromatic rings. The van der Waals surface area contributed by atoms with Crippen LogP contribution in [-0.2, 0) is 6.54 Å². The first kappa shape index (κ1) is 14.8. The zero-order valence-electron chi connectivity index (χ0n) is 12.3. The van der Waals surface area contributed by atoms with Crippen molar-refractivity contribution < 1.29 is 14.0 Å². The van der Waals surface area contributed by atoms with Crippen molar-refractivity contribution in [3.63, 3.8) is 0 Å². The molecule has 4 rings (SSSR count). The molecule has 0 radical (unpaired) electrons. The van der Waals surface area contributed by atoms with Crippen LogP contribution in [0.5, 0.6) is 0 Å². The molecule has 1 aliphatic heterocycles. The fourth-order valence-electron chi connectivity index (χ4n) is 2.89. The van der Waals surface area contributed by atoms with Gasteiger partial charge in [0.15, 0.2) is 0 Å². The van der Waals surface area contributed by atoms with Crippen molar-refractivity contribution in [2.24, 2.45) is 0 Å². The second kappa shape index (κ2) is 5.42. The summed E-state index contributed by atoms with van der Waals surface area (Å²) in [4.78, 5) is 37.9. The van der Waals surface area contributed by atoms with Crippen LogP contribution in [0, 0.1) is 0 Å². The predicted octanol–water partition coefficient (Wildman–Crippen LogP) is 3.35. The van der Waals surface area contributed by atoms with E-state index in [2.05, 4.69) is 15.9 Å². The quantitative estimate of drug-likeness (QED) is 0.502. The standard InChI is InChI=1S/C18H10BrNO4/c19-11-5-6-12-10(7-16(21)24-15(12)8-11)9-20-17(22)13-3-1-2-4-14(13)18(20)23/h1-8H,9H2. The fraction of sp³-hybridized carbons (Fsp3) is 0.0556. The highest BCUT2D eigenvalue weighted by atomic mass is 79.9. The maximum absolute atomic E-state index is 12.5. The van der Waals surface area contributed by atoms with Crippen LogP contribution in [0.15, 0.2) is 62.2 Å². The van der Waals surface area contributed by atoms with E-state index in [-0.39, 0.29) is 18.4 Å². The molecule has 2 amide bonds. The minimum absolute atomic E-state index is 0.0239. The number of rotatable bonds is 2. The number of nitrogens with zero attached hydrogens (tertiary/aromatic N) is 1. The first-order chi connectivity index (χ1) is 11.5. The maximum atomic E-state index is 12.5. The third-order valence-electron chi connectivity index (χ3n) is 4.00. The Morgan fingerprint density at radius 1 is 0.917 bits per heavy atom. The van der Waals surface area contributed by atoms with E-state index >= 15 is 0 Å². The van der Waals surface area contributed by atoms with Crippen LogP contribution in [-0.4, -0.2) is 16.7 Å². The van der Waals surface area contributed by atoms with Crippen LogP contribution in [0.25, 0.3) is 11.0 Å². The minimum Gasteiger partial charge on any atom is -0.423 e. The molecule has 0 N–H and O–H groups in total. The van der Waals surface area contributed by atoms with E-state index < -0.39 is 5.63 Å². The largest absolute Gasteiger partial charge is 0.423 e. The third-order valence-corrected chi connectivity index (χ3v) is 4.49. The van der Waals surface area contributed by atoms with Crippen LogP contribution < -0.4 is 5.63 Å². The molecule has 0 fully saturated rings. The Kier molecular flexibility index (Phi) is 3.35. The second-order valence-corrected chi connectivity index (χ2v) is 6.39. The van der Waals surface area contributed by atoms with E-state index in [4.69, 9.17) is 4.42 Å². The highest BCUT2D eigenvalue weighted by molar-refractivity contribution is 9.10. The van der Waals surface area contributed by atoms with E-state index in [1.165, 1.54) is 6.07 Å². The summed E-state index contributed by atoms with van der Waals surface area (Å²) in [7, 11) is 0. The molecule has 1 aromatic heterocycles. The third kappa shape index (κ3) is 2.27. The van der Waals surface area contributed by atoms with E-state index in [1.54, 1.807) is 36.4 Å². The second-order valence-electron chi connectivity index (χ2n) is 5.47. The molecule has 0 saturated heterocycles. The Bertz CT molecular complexity index is 1040. The summed E-state index contributed by atoms with van der Waals surface area (Å²) in [6.07, 6.45) is 0. The van der Waals surface area contributed by atoms with Crippen molar-refractivity contribution in [2.75, 3.05) is 0 Å². The van der Waals surface area contributed by atoms with Gasteiger partial charge in [0.1, 0.15) is 5.58 Å². The van der Waals surface area contributed by atoms with Crippen LogP contribution in [0.4, 0.5) is 0 Å². The lowest BCUT2D eigenvalue weighted by Gasteiger charge is -2.15. The van der Waals surface area contributed by atoms with Gasteiger partial charge in [-0.05, 0) is 35.9 Å². The molecule has 0 atom stereocenters. The van der Waals surface area contributed by atoms with E-state index in [1.807, 2.05) is 6.07 Å². The zero-order valence-corrected chi connectivity index (χ0v) is 13.9. The van der Waals surface area contributed by atoms with Crippen LogP contribution in [0.1, 0.15) is 26.3 Å². The van der Waals surface area contributed by atoms with Gasteiger partial charge in [0.05, 0.1) is 17.7 Å². The zero-order chi connectivity index (χ0) is 16.8. The molecule has 5 nitrogen and oxygen atoms in total. The average Bonchev–Trinajstić information content (AvgIpc) is 2.80. The number of fused-ring (bicyclic) bond motifs is 2. The number of hydrogen-bond donors (Lipinski definition) is 0. The smallest absolute Gasteiger partial charge is 0.336 e. The minimum atomic E-state index is -0.521. The SMILES string of the molecule is O=C1c2ccccc2C(=O)N1Cc1cc(=O)oc2cc(Br)ccc12. The summed E-state index contributed by atoms with van der Waals surface area (Å²) in [6, 6.07) is 13.3. The molecule has 1 aliphatic rings. The Balaban J connectivity index is 1.80. The van der Waals surface area contributed by atoms with Gasteiger partial charge in [0.25, 0.3) is 11.8 Å². The Hall–Kier alpha value is -2.73. The first-order valence-electron chi connectivity index (χ1n) is 7.22. The lowest BCUT2D eigenvalue weighted by molar-refractivity contribution is 0.0642. The highest BCUT2D eigenvalue weighted by Crippen LogP contribution is 2.27. The van der Waals surface area contributed by atoms with E-state index in [0.717, 1.165) is 9.37 Å². The monoisotopic (exact) mass is 383 g/mol. The van der Waals surface area contributed by atoms with Gasteiger partial charge in [-0.2, -0.15) is 0 Å². The Labute approximate surface area is 144 Å². The van der Waals surface area contributed by atoms with Crippen molar-refractivity contribution in [2.45, 2.75) is 6.54 Å². The molecule has 0 bridgehead atoms. The molecule has 0 unspecified atom stereocenters. The van der Waals surface area contributed by atoms with Crippen molar-refractivity contribution in [3.05, 3.63) is 80.1 Å². The average molecular weight is 384 g/mol. The fourth-order valence-corrected chi connectivity index (χ4v) is 3.23. The number of benzene rings is 2. The normalized spacial score (nSPS) is 13.6. The van der Waals surface area contributed by atoms with Crippen molar-refractivity contribution in [3.8, 4) is 0 Å². The van der Waals surface area contributed by atoms with Crippen molar-refractivity contribution in [1.82, 2.24) is 4.90 Å². The Morgan fingerprint density at radius 3 is 2.25 bits per heavy atom. The summed E-state index contributed by atoms with van der Waals surface area (Å²) in [5.74, 6) is -0.705. The highest BCUT2D eigenvalue weighted by Gasteiger charge is 2.35. The van der Waals surface area contributed by atoms with Gasteiger partial charge in [-0.15, -0.1) is 0 Å². The number of carbonyl (C=O) groups is 2. The van der Waals surface area contributed by atoms with Gasteiger partial charge >= 0.3 is 5.63 Å². The topological polar surface area (TPSA) is 67.6 Å². The van der Waals surface area contributed by atoms with Gasteiger partial charge in [0, 0.05) is 15.9 Å². The lowest BCUT2D eigenvalue weighted by atomic mass is 10.1. The van der Waals surface area contributed by atoms with Crippen molar-refractivity contribution in [1.29, 1.82) is 0 Å². The molecule has 0 spiro atoms.